The van der Waals surface area contributed by atoms with Gasteiger partial charge in [-0.1, -0.05) is 5.16 Å². The Labute approximate surface area is 171 Å². The van der Waals surface area contributed by atoms with Gasteiger partial charge < -0.3 is 9.42 Å². The predicted molar refractivity (Wildman–Crippen MR) is 101 cm³/mol. The maximum atomic E-state index is 13.5. The number of amides is 1. The van der Waals surface area contributed by atoms with Crippen molar-refractivity contribution in [2.24, 2.45) is 5.92 Å². The van der Waals surface area contributed by atoms with Crippen molar-refractivity contribution in [3.63, 3.8) is 0 Å². The Balaban J connectivity index is 1.45. The van der Waals surface area contributed by atoms with Crippen LogP contribution in [0.1, 0.15) is 48.6 Å². The molecule has 2 aliphatic heterocycles. The van der Waals surface area contributed by atoms with Crippen molar-refractivity contribution in [3.8, 4) is 0 Å². The van der Waals surface area contributed by atoms with Crippen LogP contribution in [0, 0.1) is 12.8 Å². The number of pyridine rings is 1. The number of likely N-dealkylation sites (tertiary alicyclic amines) is 1. The summed E-state index contributed by atoms with van der Waals surface area (Å²) >= 11 is 0. The Morgan fingerprint density at radius 2 is 1.97 bits per heavy atom. The monoisotopic (exact) mass is 445 g/mol. The van der Waals surface area contributed by atoms with Crippen molar-refractivity contribution in [2.45, 2.75) is 44.7 Å². The number of piperidine rings is 1. The van der Waals surface area contributed by atoms with Crippen LogP contribution in [0.3, 0.4) is 0 Å². The minimum absolute atomic E-state index is 0.0515. The number of hydrogen-bond donors (Lipinski definition) is 0. The van der Waals surface area contributed by atoms with Gasteiger partial charge >= 0.3 is 6.18 Å². The second-order valence-electron chi connectivity index (χ2n) is 8.17. The molecular formula is C19H22F3N3O4S. The van der Waals surface area contributed by atoms with Gasteiger partial charge in [0.15, 0.2) is 9.84 Å². The van der Waals surface area contributed by atoms with Crippen LogP contribution in [-0.2, 0) is 20.8 Å². The minimum Gasteiger partial charge on any atom is -0.343 e. The smallest absolute Gasteiger partial charge is 0.343 e. The van der Waals surface area contributed by atoms with E-state index in [1.807, 2.05) is 0 Å². The lowest BCUT2D eigenvalue weighted by Gasteiger charge is -2.32. The van der Waals surface area contributed by atoms with Gasteiger partial charge in [-0.15, -0.1) is 0 Å². The number of carbonyl (C=O) groups is 1. The second kappa shape index (κ2) is 7.51. The van der Waals surface area contributed by atoms with E-state index in [0.717, 1.165) is 6.07 Å². The number of rotatable bonds is 3. The molecule has 2 aromatic heterocycles. The first-order chi connectivity index (χ1) is 14.0. The standard InChI is InChI=1S/C19H22F3N3O4S/c1-11-17-14(19(20,21)22)9-15(23-18(17)29-24-11)13-2-5-25(6-3-13)16(26)8-12-4-7-30(27,28)10-12/h9,12-13H,2-8,10H2,1H3. The molecule has 30 heavy (non-hydrogen) atoms. The zero-order chi connectivity index (χ0) is 21.7. The number of carbonyl (C=O) groups excluding carboxylic acids is 1. The molecule has 1 atom stereocenters. The lowest BCUT2D eigenvalue weighted by Crippen LogP contribution is -2.39. The fourth-order valence-corrected chi connectivity index (χ4v) is 6.24. The van der Waals surface area contributed by atoms with Crippen molar-refractivity contribution >= 4 is 26.8 Å². The summed E-state index contributed by atoms with van der Waals surface area (Å²) in [5.41, 5.74) is -0.494. The molecule has 0 bridgehead atoms. The topological polar surface area (TPSA) is 93.4 Å². The highest BCUT2D eigenvalue weighted by molar-refractivity contribution is 7.91. The second-order valence-corrected chi connectivity index (χ2v) is 10.4. The van der Waals surface area contributed by atoms with Gasteiger partial charge in [0, 0.05) is 31.1 Å². The van der Waals surface area contributed by atoms with E-state index in [9.17, 15) is 26.4 Å². The van der Waals surface area contributed by atoms with Gasteiger partial charge in [0.25, 0.3) is 5.71 Å². The fourth-order valence-electron chi connectivity index (χ4n) is 4.38. The SMILES string of the molecule is Cc1noc2nc(C3CCN(C(=O)CC4CCS(=O)(=O)C4)CC3)cc(C(F)(F)F)c12. The van der Waals surface area contributed by atoms with Gasteiger partial charge in [-0.05, 0) is 38.2 Å². The van der Waals surface area contributed by atoms with E-state index in [1.165, 1.54) is 6.92 Å². The third-order valence-electron chi connectivity index (χ3n) is 6.00. The molecule has 0 aromatic carbocycles. The van der Waals surface area contributed by atoms with E-state index in [2.05, 4.69) is 10.1 Å². The molecule has 4 heterocycles. The molecule has 11 heteroatoms. The number of aryl methyl sites for hydroxylation is 1. The third-order valence-corrected chi connectivity index (χ3v) is 7.84. The normalized spacial score (nSPS) is 22.7. The van der Waals surface area contributed by atoms with E-state index in [1.54, 1.807) is 4.90 Å². The lowest BCUT2D eigenvalue weighted by atomic mass is 9.91. The Morgan fingerprint density at radius 3 is 2.57 bits per heavy atom. The third kappa shape index (κ3) is 4.17. The number of fused-ring (bicyclic) bond motifs is 1. The first-order valence-corrected chi connectivity index (χ1v) is 11.7. The van der Waals surface area contributed by atoms with Crippen molar-refractivity contribution in [1.82, 2.24) is 15.0 Å². The summed E-state index contributed by atoms with van der Waals surface area (Å²) in [5, 5.41) is 3.50. The molecule has 4 rings (SSSR count). The molecule has 7 nitrogen and oxygen atoms in total. The molecular weight excluding hydrogens is 423 g/mol. The van der Waals surface area contributed by atoms with Crippen LogP contribution in [0.4, 0.5) is 13.2 Å². The predicted octanol–water partition coefficient (Wildman–Crippen LogP) is 3.08. The molecule has 0 N–H and O–H groups in total. The first-order valence-electron chi connectivity index (χ1n) is 9.86. The summed E-state index contributed by atoms with van der Waals surface area (Å²) in [6, 6.07) is 1.07. The molecule has 1 amide bonds. The molecule has 164 valence electrons. The highest BCUT2D eigenvalue weighted by Crippen LogP contribution is 2.39. The maximum Gasteiger partial charge on any atom is 0.417 e. The lowest BCUT2D eigenvalue weighted by molar-refractivity contribution is -0.136. The minimum atomic E-state index is -4.55. The number of nitrogens with zero attached hydrogens (tertiary/aromatic N) is 3. The zero-order valence-electron chi connectivity index (χ0n) is 16.4. The van der Waals surface area contributed by atoms with Gasteiger partial charge in [-0.25, -0.2) is 13.4 Å². The van der Waals surface area contributed by atoms with Crippen LogP contribution in [0.25, 0.3) is 11.1 Å². The number of aromatic nitrogens is 2. The van der Waals surface area contributed by atoms with Gasteiger partial charge in [0.1, 0.15) is 0 Å². The molecule has 2 fully saturated rings. The van der Waals surface area contributed by atoms with E-state index >= 15 is 0 Å². The quantitative estimate of drug-likeness (QED) is 0.721. The maximum absolute atomic E-state index is 13.5. The fraction of sp³-hybridized carbons (Fsp3) is 0.632. The average Bonchev–Trinajstić information content (AvgIpc) is 3.22. The zero-order valence-corrected chi connectivity index (χ0v) is 17.2. The molecule has 2 saturated heterocycles. The highest BCUT2D eigenvalue weighted by atomic mass is 32.2. The Hall–Kier alpha value is -2.17. The molecule has 0 saturated carbocycles. The van der Waals surface area contributed by atoms with Crippen molar-refractivity contribution < 1.29 is 30.9 Å². The van der Waals surface area contributed by atoms with Crippen molar-refractivity contribution in [3.05, 3.63) is 23.0 Å². The van der Waals surface area contributed by atoms with Gasteiger partial charge in [0.2, 0.25) is 5.91 Å². The molecule has 0 radical (unpaired) electrons. The van der Waals surface area contributed by atoms with Crippen LogP contribution in [-0.4, -0.2) is 54.0 Å². The van der Waals surface area contributed by atoms with Crippen LogP contribution >= 0.6 is 0 Å². The van der Waals surface area contributed by atoms with Crippen molar-refractivity contribution in [1.29, 1.82) is 0 Å². The van der Waals surface area contributed by atoms with E-state index in [-0.39, 0.29) is 52.5 Å². The summed E-state index contributed by atoms with van der Waals surface area (Å²) in [5.74, 6) is -0.286. The van der Waals surface area contributed by atoms with Gasteiger partial charge in [-0.2, -0.15) is 13.2 Å². The molecule has 0 aliphatic carbocycles. The van der Waals surface area contributed by atoms with Crippen LogP contribution in [0.15, 0.2) is 10.6 Å². The van der Waals surface area contributed by atoms with Crippen LogP contribution < -0.4 is 0 Å². The number of hydrogen-bond acceptors (Lipinski definition) is 6. The summed E-state index contributed by atoms with van der Waals surface area (Å²) in [4.78, 5) is 18.4. The molecule has 2 aliphatic rings. The summed E-state index contributed by atoms with van der Waals surface area (Å²) in [7, 11) is -3.03. The van der Waals surface area contributed by atoms with E-state index in [4.69, 9.17) is 4.52 Å². The van der Waals surface area contributed by atoms with E-state index < -0.39 is 21.6 Å². The molecule has 2 aromatic rings. The Bertz CT molecular complexity index is 1070. The highest BCUT2D eigenvalue weighted by Gasteiger charge is 2.37. The van der Waals surface area contributed by atoms with Crippen LogP contribution in [0.5, 0.6) is 0 Å². The Kier molecular flexibility index (Phi) is 5.27. The molecule has 0 spiro atoms. The van der Waals surface area contributed by atoms with Gasteiger partial charge in [0.05, 0.1) is 28.1 Å². The number of alkyl halides is 3. The first kappa shape index (κ1) is 21.1. The Morgan fingerprint density at radius 1 is 1.27 bits per heavy atom. The van der Waals surface area contributed by atoms with Crippen molar-refractivity contribution in [2.75, 3.05) is 24.6 Å². The number of sulfone groups is 1. The van der Waals surface area contributed by atoms with Crippen LogP contribution in [0.2, 0.25) is 0 Å². The van der Waals surface area contributed by atoms with Gasteiger partial charge in [-0.3, -0.25) is 4.79 Å². The summed E-state index contributed by atoms with van der Waals surface area (Å²) in [6.07, 6.45) is -2.88. The van der Waals surface area contributed by atoms with E-state index in [0.29, 0.717) is 38.0 Å². The summed E-state index contributed by atoms with van der Waals surface area (Å²) in [6.45, 7) is 2.25. The largest absolute Gasteiger partial charge is 0.417 e. The summed E-state index contributed by atoms with van der Waals surface area (Å²) < 4.78 is 68.8. The average molecular weight is 445 g/mol. The molecule has 1 unspecified atom stereocenters. The number of halogens is 3.